The second kappa shape index (κ2) is 7.07. The molecule has 0 atom stereocenters. The summed E-state index contributed by atoms with van der Waals surface area (Å²) in [6, 6.07) is 0. The van der Waals surface area contributed by atoms with E-state index < -0.39 is 5.97 Å². The van der Waals surface area contributed by atoms with Crippen molar-refractivity contribution in [1.82, 2.24) is 9.80 Å². The Kier molecular flexibility index (Phi) is 5.99. The molecule has 0 unspecified atom stereocenters. The van der Waals surface area contributed by atoms with Crippen molar-refractivity contribution in [2.24, 2.45) is 5.92 Å². The van der Waals surface area contributed by atoms with Crippen molar-refractivity contribution in [3.8, 4) is 0 Å². The van der Waals surface area contributed by atoms with E-state index in [1.165, 1.54) is 0 Å². The molecule has 0 radical (unpaired) electrons. The zero-order valence-electron chi connectivity index (χ0n) is 13.2. The highest BCUT2D eigenvalue weighted by Crippen LogP contribution is 2.18. The molecule has 1 aliphatic heterocycles. The molecule has 1 heterocycles. The number of carboxylic acids is 1. The standard InChI is InChI=1S/C15H28N2O3/c1-12-5-8-16(9-6-12)13(18)11-17(15(2,3)4)10-7-14(19)20/h12H,5-11H2,1-4H3,(H,19,20). The third kappa shape index (κ3) is 5.49. The van der Waals surface area contributed by atoms with E-state index in [9.17, 15) is 9.59 Å². The van der Waals surface area contributed by atoms with Gasteiger partial charge in [-0.3, -0.25) is 14.5 Å². The summed E-state index contributed by atoms with van der Waals surface area (Å²) in [5, 5.41) is 8.82. The van der Waals surface area contributed by atoms with E-state index in [-0.39, 0.29) is 17.9 Å². The molecule has 20 heavy (non-hydrogen) atoms. The van der Waals surface area contributed by atoms with Crippen LogP contribution < -0.4 is 0 Å². The molecule has 1 aliphatic rings. The zero-order valence-corrected chi connectivity index (χ0v) is 13.2. The van der Waals surface area contributed by atoms with Gasteiger partial charge in [-0.1, -0.05) is 6.92 Å². The number of aliphatic carboxylic acids is 1. The topological polar surface area (TPSA) is 60.9 Å². The van der Waals surface area contributed by atoms with Crippen LogP contribution in [0.25, 0.3) is 0 Å². The van der Waals surface area contributed by atoms with Crippen molar-refractivity contribution >= 4 is 11.9 Å². The van der Waals surface area contributed by atoms with Crippen molar-refractivity contribution in [2.45, 2.75) is 52.5 Å². The predicted molar refractivity (Wildman–Crippen MR) is 78.6 cm³/mol. The summed E-state index contributed by atoms with van der Waals surface area (Å²) >= 11 is 0. The highest BCUT2D eigenvalue weighted by atomic mass is 16.4. The largest absolute Gasteiger partial charge is 0.481 e. The molecule has 0 aromatic heterocycles. The van der Waals surface area contributed by atoms with E-state index in [1.807, 2.05) is 30.6 Å². The van der Waals surface area contributed by atoms with Gasteiger partial charge < -0.3 is 10.0 Å². The summed E-state index contributed by atoms with van der Waals surface area (Å²) in [7, 11) is 0. The molecule has 0 aromatic rings. The molecule has 0 saturated carbocycles. The molecule has 0 bridgehead atoms. The molecule has 5 heteroatoms. The molecule has 1 amide bonds. The highest BCUT2D eigenvalue weighted by molar-refractivity contribution is 5.78. The molecule has 0 aromatic carbocycles. The van der Waals surface area contributed by atoms with Gasteiger partial charge in [-0.05, 0) is 39.5 Å². The monoisotopic (exact) mass is 284 g/mol. The normalized spacial score (nSPS) is 17.6. The van der Waals surface area contributed by atoms with Crippen molar-refractivity contribution in [3.05, 3.63) is 0 Å². The van der Waals surface area contributed by atoms with Crippen LogP contribution in [-0.4, -0.2) is 58.5 Å². The number of carbonyl (C=O) groups is 2. The fourth-order valence-corrected chi connectivity index (χ4v) is 2.40. The van der Waals surface area contributed by atoms with E-state index in [4.69, 9.17) is 5.11 Å². The minimum absolute atomic E-state index is 0.0710. The van der Waals surface area contributed by atoms with Crippen LogP contribution in [0, 0.1) is 5.92 Å². The molecular formula is C15H28N2O3. The Labute approximate surface area is 121 Å². The number of carbonyl (C=O) groups excluding carboxylic acids is 1. The van der Waals surface area contributed by atoms with Crippen LogP contribution in [0.3, 0.4) is 0 Å². The first-order chi connectivity index (χ1) is 9.20. The average molecular weight is 284 g/mol. The molecule has 5 nitrogen and oxygen atoms in total. The van der Waals surface area contributed by atoms with Crippen molar-refractivity contribution in [1.29, 1.82) is 0 Å². The quantitative estimate of drug-likeness (QED) is 0.836. The summed E-state index contributed by atoms with van der Waals surface area (Å²) in [6.07, 6.45) is 2.20. The number of nitrogens with zero attached hydrogens (tertiary/aromatic N) is 2. The molecule has 0 spiro atoms. The first-order valence-electron chi connectivity index (χ1n) is 7.44. The lowest BCUT2D eigenvalue weighted by Crippen LogP contribution is -2.50. The Morgan fingerprint density at radius 3 is 2.25 bits per heavy atom. The second-order valence-corrected chi connectivity index (χ2v) is 6.80. The molecule has 1 fully saturated rings. The van der Waals surface area contributed by atoms with Crippen LogP contribution >= 0.6 is 0 Å². The lowest BCUT2D eigenvalue weighted by Gasteiger charge is -2.37. The van der Waals surface area contributed by atoms with Gasteiger partial charge in [0.25, 0.3) is 0 Å². The maximum absolute atomic E-state index is 12.3. The van der Waals surface area contributed by atoms with Crippen LogP contribution in [0.15, 0.2) is 0 Å². The second-order valence-electron chi connectivity index (χ2n) is 6.80. The van der Waals surface area contributed by atoms with E-state index in [2.05, 4.69) is 6.92 Å². The Morgan fingerprint density at radius 1 is 1.25 bits per heavy atom. The molecule has 1 N–H and O–H groups in total. The molecule has 1 rings (SSSR count). The van der Waals surface area contributed by atoms with Gasteiger partial charge in [0.2, 0.25) is 5.91 Å². The lowest BCUT2D eigenvalue weighted by atomic mass is 9.99. The highest BCUT2D eigenvalue weighted by Gasteiger charge is 2.27. The van der Waals surface area contributed by atoms with Gasteiger partial charge >= 0.3 is 5.97 Å². The fourth-order valence-electron chi connectivity index (χ4n) is 2.40. The summed E-state index contributed by atoms with van der Waals surface area (Å²) in [4.78, 5) is 27.0. The van der Waals surface area contributed by atoms with Gasteiger partial charge in [-0.2, -0.15) is 0 Å². The van der Waals surface area contributed by atoms with E-state index in [0.717, 1.165) is 25.9 Å². The fraction of sp³-hybridized carbons (Fsp3) is 0.867. The van der Waals surface area contributed by atoms with Gasteiger partial charge in [0.15, 0.2) is 0 Å². The minimum Gasteiger partial charge on any atom is -0.481 e. The van der Waals surface area contributed by atoms with Crippen LogP contribution in [0.4, 0.5) is 0 Å². The smallest absolute Gasteiger partial charge is 0.304 e. The maximum Gasteiger partial charge on any atom is 0.304 e. The number of rotatable bonds is 5. The van der Waals surface area contributed by atoms with Crippen LogP contribution in [-0.2, 0) is 9.59 Å². The van der Waals surface area contributed by atoms with Crippen molar-refractivity contribution in [3.63, 3.8) is 0 Å². The molecule has 1 saturated heterocycles. The minimum atomic E-state index is -0.821. The van der Waals surface area contributed by atoms with Gasteiger partial charge in [0.1, 0.15) is 0 Å². The molecule has 116 valence electrons. The summed E-state index contributed by atoms with van der Waals surface area (Å²) in [6.45, 7) is 10.6. The van der Waals surface area contributed by atoms with Crippen LogP contribution in [0.5, 0.6) is 0 Å². The van der Waals surface area contributed by atoms with Crippen LogP contribution in [0.1, 0.15) is 47.0 Å². The third-order valence-corrected chi connectivity index (χ3v) is 4.01. The first-order valence-corrected chi connectivity index (χ1v) is 7.44. The van der Waals surface area contributed by atoms with Crippen LogP contribution in [0.2, 0.25) is 0 Å². The third-order valence-electron chi connectivity index (χ3n) is 4.01. The molecular weight excluding hydrogens is 256 g/mol. The summed E-state index contributed by atoms with van der Waals surface area (Å²) in [5.41, 5.74) is -0.200. The number of carboxylic acid groups (broad SMARTS) is 1. The summed E-state index contributed by atoms with van der Waals surface area (Å²) in [5.74, 6) is 0.000453. The SMILES string of the molecule is CC1CCN(C(=O)CN(CCC(=O)O)C(C)(C)C)CC1. The van der Waals surface area contributed by atoms with Gasteiger partial charge in [-0.25, -0.2) is 0 Å². The van der Waals surface area contributed by atoms with Gasteiger partial charge in [0.05, 0.1) is 13.0 Å². The number of likely N-dealkylation sites (tertiary alicyclic amines) is 1. The maximum atomic E-state index is 12.3. The Balaban J connectivity index is 2.55. The van der Waals surface area contributed by atoms with Gasteiger partial charge in [0, 0.05) is 25.2 Å². The lowest BCUT2D eigenvalue weighted by molar-refractivity contribution is -0.140. The van der Waals surface area contributed by atoms with E-state index >= 15 is 0 Å². The number of hydrogen-bond acceptors (Lipinski definition) is 3. The zero-order chi connectivity index (χ0) is 15.3. The summed E-state index contributed by atoms with van der Waals surface area (Å²) < 4.78 is 0. The first kappa shape index (κ1) is 17.0. The Morgan fingerprint density at radius 2 is 1.80 bits per heavy atom. The van der Waals surface area contributed by atoms with Gasteiger partial charge in [-0.15, -0.1) is 0 Å². The Bertz CT molecular complexity index is 342. The van der Waals surface area contributed by atoms with E-state index in [0.29, 0.717) is 19.0 Å². The Hall–Kier alpha value is -1.10. The van der Waals surface area contributed by atoms with Crippen molar-refractivity contribution < 1.29 is 14.7 Å². The predicted octanol–water partition coefficient (Wildman–Crippen LogP) is 1.82. The van der Waals surface area contributed by atoms with Crippen molar-refractivity contribution in [2.75, 3.05) is 26.2 Å². The average Bonchev–Trinajstić information content (AvgIpc) is 2.33. The number of amides is 1. The molecule has 0 aliphatic carbocycles. The number of hydrogen-bond donors (Lipinski definition) is 1. The van der Waals surface area contributed by atoms with E-state index in [1.54, 1.807) is 0 Å². The number of piperidine rings is 1.